The van der Waals surface area contributed by atoms with Gasteiger partial charge < -0.3 is 15.4 Å². The van der Waals surface area contributed by atoms with Crippen LogP contribution in [0.2, 0.25) is 0 Å². The number of hydrogen-bond donors (Lipinski definition) is 2. The maximum Gasteiger partial charge on any atom is 0.186 e. The second-order valence-electron chi connectivity index (χ2n) is 7.63. The Labute approximate surface area is 186 Å². The zero-order chi connectivity index (χ0) is 22.3. The molecule has 1 aliphatic heterocycles. The molecule has 32 heavy (non-hydrogen) atoms. The van der Waals surface area contributed by atoms with Gasteiger partial charge in [-0.2, -0.15) is 10.4 Å². The third kappa shape index (κ3) is 4.78. The van der Waals surface area contributed by atoms with E-state index in [2.05, 4.69) is 33.3 Å². The molecule has 1 aliphatic rings. The molecule has 0 spiro atoms. The number of nitrogens with one attached hydrogen (secondary N) is 1. The first kappa shape index (κ1) is 21.1. The van der Waals surface area contributed by atoms with E-state index in [1.807, 2.05) is 59.5 Å². The summed E-state index contributed by atoms with van der Waals surface area (Å²) >= 11 is 0. The fourth-order valence-electron chi connectivity index (χ4n) is 3.65. The summed E-state index contributed by atoms with van der Waals surface area (Å²) in [6.07, 6.45) is 7.26. The van der Waals surface area contributed by atoms with Crippen molar-refractivity contribution < 1.29 is 4.74 Å². The van der Waals surface area contributed by atoms with Gasteiger partial charge in [-0.05, 0) is 62.6 Å². The molecule has 0 bridgehead atoms. The van der Waals surface area contributed by atoms with E-state index >= 15 is 0 Å². The fourth-order valence-corrected chi connectivity index (χ4v) is 3.65. The third-order valence-corrected chi connectivity index (χ3v) is 5.43. The van der Waals surface area contributed by atoms with Gasteiger partial charge in [0.1, 0.15) is 23.6 Å². The van der Waals surface area contributed by atoms with Gasteiger partial charge in [0.15, 0.2) is 11.8 Å². The maximum absolute atomic E-state index is 8.54. The average Bonchev–Trinajstić information content (AvgIpc) is 3.27. The van der Waals surface area contributed by atoms with Gasteiger partial charge in [0.25, 0.3) is 0 Å². The first-order valence-corrected chi connectivity index (χ1v) is 10.6. The molecule has 0 unspecified atom stereocenters. The summed E-state index contributed by atoms with van der Waals surface area (Å²) < 4.78 is 5.79. The molecule has 3 N–H and O–H groups in total. The molecule has 162 valence electrons. The number of fused-ring (bicyclic) bond motifs is 1. The van der Waals surface area contributed by atoms with Crippen LogP contribution in [0.5, 0.6) is 11.5 Å². The number of nitrogen functional groups attached to an aromatic ring is 1. The summed E-state index contributed by atoms with van der Waals surface area (Å²) in [5, 5.41) is 16.4. The standard InChI is InChI=1S/C17H13N5O.C7H12N2/c18-16-14-15(21-22-17(14)20-10-19-16)11-6-8-13(9-7-11)23-12-4-2-1-3-5-12;1-7-4-2-3-5-9(7)6-8/h1-10H,(H3,18,19,20,21,22);7H,2-5H2,1H3/t;7-/m.1/s1. The van der Waals surface area contributed by atoms with Gasteiger partial charge in [-0.25, -0.2) is 9.97 Å². The highest BCUT2D eigenvalue weighted by Crippen LogP contribution is 2.30. The number of benzene rings is 2. The Hall–Kier alpha value is -4.12. The summed E-state index contributed by atoms with van der Waals surface area (Å²) in [4.78, 5) is 9.99. The summed E-state index contributed by atoms with van der Waals surface area (Å²) in [6.45, 7) is 3.08. The lowest BCUT2D eigenvalue weighted by atomic mass is 10.1. The van der Waals surface area contributed by atoms with Crippen molar-refractivity contribution in [2.45, 2.75) is 32.2 Å². The van der Waals surface area contributed by atoms with Gasteiger partial charge in [-0.15, -0.1) is 0 Å². The molecule has 4 aromatic rings. The second-order valence-corrected chi connectivity index (χ2v) is 7.63. The van der Waals surface area contributed by atoms with Crippen LogP contribution >= 0.6 is 0 Å². The molecule has 8 heteroatoms. The lowest BCUT2D eigenvalue weighted by Gasteiger charge is -2.27. The van der Waals surface area contributed by atoms with Gasteiger partial charge in [-0.1, -0.05) is 18.2 Å². The minimum atomic E-state index is 0.406. The van der Waals surface area contributed by atoms with Crippen molar-refractivity contribution in [3.8, 4) is 28.9 Å². The van der Waals surface area contributed by atoms with Crippen LogP contribution in [-0.4, -0.2) is 37.7 Å². The number of H-pyrrole nitrogens is 1. The lowest BCUT2D eigenvalue weighted by Crippen LogP contribution is -2.33. The first-order valence-electron chi connectivity index (χ1n) is 10.6. The van der Waals surface area contributed by atoms with Crippen LogP contribution in [0.25, 0.3) is 22.3 Å². The molecule has 8 nitrogen and oxygen atoms in total. The van der Waals surface area contributed by atoms with Crippen LogP contribution in [0.15, 0.2) is 60.9 Å². The number of para-hydroxylation sites is 1. The van der Waals surface area contributed by atoms with E-state index in [1.165, 1.54) is 25.6 Å². The van der Waals surface area contributed by atoms with Crippen molar-refractivity contribution in [2.75, 3.05) is 12.3 Å². The topological polar surface area (TPSA) is 117 Å². The molecule has 2 aromatic heterocycles. The van der Waals surface area contributed by atoms with E-state index in [4.69, 9.17) is 15.7 Å². The Bertz CT molecular complexity index is 1200. The van der Waals surface area contributed by atoms with Crippen LogP contribution in [0.4, 0.5) is 5.82 Å². The Morgan fingerprint density at radius 2 is 1.81 bits per heavy atom. The SMILES string of the molecule is C[C@@H]1CCCCN1C#N.Nc1ncnc2n[nH]c(-c3ccc(Oc4ccccc4)cc3)c12. The highest BCUT2D eigenvalue weighted by molar-refractivity contribution is 5.97. The fraction of sp³-hybridized carbons (Fsp3) is 0.250. The van der Waals surface area contributed by atoms with E-state index in [0.29, 0.717) is 17.5 Å². The Kier molecular flexibility index (Phi) is 6.46. The van der Waals surface area contributed by atoms with Gasteiger partial charge >= 0.3 is 0 Å². The Balaban J connectivity index is 0.000000230. The van der Waals surface area contributed by atoms with Crippen LogP contribution in [0.1, 0.15) is 26.2 Å². The molecule has 3 heterocycles. The molecule has 0 radical (unpaired) electrons. The Morgan fingerprint density at radius 3 is 2.50 bits per heavy atom. The number of nitrogens with two attached hydrogens (primary N) is 1. The number of nitriles is 1. The monoisotopic (exact) mass is 427 g/mol. The number of likely N-dealkylation sites (tertiary alicyclic amines) is 1. The summed E-state index contributed by atoms with van der Waals surface area (Å²) in [5.74, 6) is 1.96. The molecule has 1 fully saturated rings. The van der Waals surface area contributed by atoms with E-state index in [0.717, 1.165) is 34.7 Å². The van der Waals surface area contributed by atoms with Gasteiger partial charge in [0, 0.05) is 18.2 Å². The predicted octanol–water partition coefficient (Wildman–Crippen LogP) is 4.74. The van der Waals surface area contributed by atoms with Crippen molar-refractivity contribution in [1.82, 2.24) is 25.1 Å². The zero-order valence-corrected chi connectivity index (χ0v) is 17.9. The first-order chi connectivity index (χ1) is 15.7. The number of hydrogen-bond acceptors (Lipinski definition) is 7. The van der Waals surface area contributed by atoms with Crippen molar-refractivity contribution >= 4 is 16.9 Å². The Morgan fingerprint density at radius 1 is 1.06 bits per heavy atom. The van der Waals surface area contributed by atoms with Crippen molar-refractivity contribution in [3.63, 3.8) is 0 Å². The van der Waals surface area contributed by atoms with Gasteiger partial charge in [0.2, 0.25) is 0 Å². The number of anilines is 1. The normalized spacial score (nSPS) is 15.5. The average molecular weight is 428 g/mol. The zero-order valence-electron chi connectivity index (χ0n) is 17.9. The van der Waals surface area contributed by atoms with Crippen LogP contribution in [0, 0.1) is 11.5 Å². The lowest BCUT2D eigenvalue weighted by molar-refractivity contribution is 0.240. The van der Waals surface area contributed by atoms with Crippen molar-refractivity contribution in [3.05, 3.63) is 60.9 Å². The summed E-state index contributed by atoms with van der Waals surface area (Å²) in [6, 6.07) is 17.8. The quantitative estimate of drug-likeness (QED) is 0.454. The number of aromatic nitrogens is 4. The number of piperidine rings is 1. The molecule has 2 aromatic carbocycles. The number of aromatic amines is 1. The molecule has 0 amide bonds. The number of nitrogens with zero attached hydrogens (tertiary/aromatic N) is 5. The third-order valence-electron chi connectivity index (χ3n) is 5.43. The second kappa shape index (κ2) is 9.79. The molecule has 0 saturated carbocycles. The molecule has 1 saturated heterocycles. The molecular weight excluding hydrogens is 402 g/mol. The predicted molar refractivity (Wildman–Crippen MR) is 124 cm³/mol. The van der Waals surface area contributed by atoms with Crippen molar-refractivity contribution in [1.29, 1.82) is 5.26 Å². The van der Waals surface area contributed by atoms with Gasteiger partial charge in [-0.3, -0.25) is 5.10 Å². The largest absolute Gasteiger partial charge is 0.457 e. The maximum atomic E-state index is 8.54. The van der Waals surface area contributed by atoms with E-state index in [1.54, 1.807) is 0 Å². The van der Waals surface area contributed by atoms with E-state index in [-0.39, 0.29) is 0 Å². The van der Waals surface area contributed by atoms with E-state index in [9.17, 15) is 0 Å². The number of rotatable bonds is 3. The summed E-state index contributed by atoms with van der Waals surface area (Å²) in [7, 11) is 0. The smallest absolute Gasteiger partial charge is 0.186 e. The van der Waals surface area contributed by atoms with E-state index < -0.39 is 0 Å². The molecule has 0 aliphatic carbocycles. The molecule has 1 atom stereocenters. The van der Waals surface area contributed by atoms with Gasteiger partial charge in [0.05, 0.1) is 11.1 Å². The highest BCUT2D eigenvalue weighted by Gasteiger charge is 2.15. The number of ether oxygens (including phenoxy) is 1. The molecule has 5 rings (SSSR count). The molecular formula is C24H25N7O. The summed E-state index contributed by atoms with van der Waals surface area (Å²) in [5.41, 5.74) is 8.22. The van der Waals surface area contributed by atoms with Crippen molar-refractivity contribution in [2.24, 2.45) is 0 Å². The van der Waals surface area contributed by atoms with Crippen LogP contribution < -0.4 is 10.5 Å². The van der Waals surface area contributed by atoms with Crippen LogP contribution in [0.3, 0.4) is 0 Å². The minimum absolute atomic E-state index is 0.406. The van der Waals surface area contributed by atoms with Crippen LogP contribution in [-0.2, 0) is 0 Å². The highest BCUT2D eigenvalue weighted by atomic mass is 16.5. The minimum Gasteiger partial charge on any atom is -0.457 e.